The molecule has 2 aromatic carbocycles. The van der Waals surface area contributed by atoms with Gasteiger partial charge in [-0.15, -0.1) is 11.8 Å². The number of ether oxygens (including phenoxy) is 1. The van der Waals surface area contributed by atoms with Crippen LogP contribution in [0, 0.1) is 12.8 Å². The summed E-state index contributed by atoms with van der Waals surface area (Å²) in [6.45, 7) is 9.09. The van der Waals surface area contributed by atoms with Gasteiger partial charge in [0.2, 0.25) is 11.8 Å². The molecular weight excluding hydrogens is 420 g/mol. The molecule has 0 bridgehead atoms. The van der Waals surface area contributed by atoms with E-state index < -0.39 is 6.04 Å². The molecule has 0 unspecified atom stereocenters. The molecule has 2 rings (SSSR count). The second-order valence-electron chi connectivity index (χ2n) is 8.41. The molecule has 32 heavy (non-hydrogen) atoms. The summed E-state index contributed by atoms with van der Waals surface area (Å²) in [6, 6.07) is 15.5. The van der Waals surface area contributed by atoms with Gasteiger partial charge in [-0.3, -0.25) is 9.59 Å². The van der Waals surface area contributed by atoms with Crippen molar-refractivity contribution in [2.45, 2.75) is 52.5 Å². The summed E-state index contributed by atoms with van der Waals surface area (Å²) in [7, 11) is 1.62. The molecule has 2 aromatic rings. The van der Waals surface area contributed by atoms with E-state index in [1.54, 1.807) is 23.8 Å². The van der Waals surface area contributed by atoms with Gasteiger partial charge in [0.25, 0.3) is 0 Å². The van der Waals surface area contributed by atoms with Crippen molar-refractivity contribution in [3.63, 3.8) is 0 Å². The fourth-order valence-electron chi connectivity index (χ4n) is 3.33. The maximum Gasteiger partial charge on any atom is 0.242 e. The van der Waals surface area contributed by atoms with Crippen LogP contribution in [0.1, 0.15) is 43.9 Å². The maximum absolute atomic E-state index is 13.3. The number of nitrogens with one attached hydrogen (secondary N) is 1. The van der Waals surface area contributed by atoms with E-state index in [2.05, 4.69) is 50.4 Å². The van der Waals surface area contributed by atoms with Crippen LogP contribution in [-0.2, 0) is 21.9 Å². The molecule has 174 valence electrons. The molecule has 5 nitrogen and oxygen atoms in total. The lowest BCUT2D eigenvalue weighted by molar-refractivity contribution is -0.139. The molecule has 0 aromatic heterocycles. The van der Waals surface area contributed by atoms with Crippen molar-refractivity contribution < 1.29 is 14.3 Å². The summed E-state index contributed by atoms with van der Waals surface area (Å²) >= 11 is 1.58. The Balaban J connectivity index is 2.13. The second kappa shape index (κ2) is 13.2. The normalized spacial score (nSPS) is 11.8. The number of rotatable bonds is 12. The lowest BCUT2D eigenvalue weighted by Crippen LogP contribution is -2.50. The molecule has 0 saturated heterocycles. The zero-order chi connectivity index (χ0) is 23.5. The number of nitrogens with zero attached hydrogens (tertiary/aromatic N) is 1. The minimum atomic E-state index is -0.507. The Morgan fingerprint density at radius 3 is 2.44 bits per heavy atom. The van der Waals surface area contributed by atoms with Gasteiger partial charge in [-0.2, -0.15) is 0 Å². The average molecular weight is 457 g/mol. The highest BCUT2D eigenvalue weighted by Gasteiger charge is 2.28. The van der Waals surface area contributed by atoms with Gasteiger partial charge in [-0.05, 0) is 42.5 Å². The SMILES string of the molecule is CC[C@@H](C(=O)NCC(C)C)N(Cc1cccc(OC)c1)C(=O)CSCc1ccc(C)cc1. The van der Waals surface area contributed by atoms with E-state index in [1.807, 2.05) is 31.2 Å². The lowest BCUT2D eigenvalue weighted by atomic mass is 10.1. The molecule has 1 N–H and O–H groups in total. The van der Waals surface area contributed by atoms with Crippen LogP contribution in [0.2, 0.25) is 0 Å². The lowest BCUT2D eigenvalue weighted by Gasteiger charge is -2.31. The van der Waals surface area contributed by atoms with E-state index in [9.17, 15) is 9.59 Å². The molecule has 0 heterocycles. The van der Waals surface area contributed by atoms with Crippen molar-refractivity contribution in [2.24, 2.45) is 5.92 Å². The van der Waals surface area contributed by atoms with Crippen LogP contribution in [0.3, 0.4) is 0 Å². The van der Waals surface area contributed by atoms with Crippen molar-refractivity contribution in [2.75, 3.05) is 19.4 Å². The number of thioether (sulfide) groups is 1. The van der Waals surface area contributed by atoms with Crippen LogP contribution < -0.4 is 10.1 Å². The predicted molar refractivity (Wildman–Crippen MR) is 133 cm³/mol. The van der Waals surface area contributed by atoms with E-state index in [4.69, 9.17) is 4.74 Å². The molecule has 0 aliphatic heterocycles. The Morgan fingerprint density at radius 2 is 1.81 bits per heavy atom. The number of amides is 2. The Labute approximate surface area is 196 Å². The smallest absolute Gasteiger partial charge is 0.242 e. The van der Waals surface area contributed by atoms with E-state index in [0.717, 1.165) is 17.1 Å². The molecule has 1 atom stereocenters. The van der Waals surface area contributed by atoms with E-state index in [-0.39, 0.29) is 11.8 Å². The zero-order valence-electron chi connectivity index (χ0n) is 19.9. The number of aryl methyl sites for hydroxylation is 1. The first kappa shape index (κ1) is 25.8. The molecule has 0 aliphatic rings. The summed E-state index contributed by atoms with van der Waals surface area (Å²) in [4.78, 5) is 27.9. The van der Waals surface area contributed by atoms with Gasteiger partial charge in [0.05, 0.1) is 12.9 Å². The van der Waals surface area contributed by atoms with Crippen LogP contribution in [0.25, 0.3) is 0 Å². The first-order valence-corrected chi connectivity index (χ1v) is 12.3. The Hall–Kier alpha value is -2.47. The molecular formula is C26H36N2O3S. The number of carbonyl (C=O) groups excluding carboxylic acids is 2. The van der Waals surface area contributed by atoms with Crippen LogP contribution in [0.5, 0.6) is 5.75 Å². The summed E-state index contributed by atoms with van der Waals surface area (Å²) < 4.78 is 5.33. The monoisotopic (exact) mass is 456 g/mol. The predicted octanol–water partition coefficient (Wildman–Crippen LogP) is 4.82. The number of hydrogen-bond acceptors (Lipinski definition) is 4. The van der Waals surface area contributed by atoms with Crippen molar-refractivity contribution in [1.82, 2.24) is 10.2 Å². The van der Waals surface area contributed by atoms with Gasteiger partial charge in [0.15, 0.2) is 0 Å². The quantitative estimate of drug-likeness (QED) is 0.498. The van der Waals surface area contributed by atoms with Crippen molar-refractivity contribution in [3.8, 4) is 5.75 Å². The van der Waals surface area contributed by atoms with Crippen LogP contribution in [-0.4, -0.2) is 42.2 Å². The second-order valence-corrected chi connectivity index (χ2v) is 9.40. The Bertz CT molecular complexity index is 868. The van der Waals surface area contributed by atoms with Crippen molar-refractivity contribution in [1.29, 1.82) is 0 Å². The fourth-order valence-corrected chi connectivity index (χ4v) is 4.20. The van der Waals surface area contributed by atoms with Gasteiger partial charge < -0.3 is 15.0 Å². The van der Waals surface area contributed by atoms with Gasteiger partial charge in [0, 0.05) is 18.8 Å². The summed E-state index contributed by atoms with van der Waals surface area (Å²) in [5, 5.41) is 3.00. The van der Waals surface area contributed by atoms with Crippen LogP contribution in [0.15, 0.2) is 48.5 Å². The Morgan fingerprint density at radius 1 is 1.09 bits per heavy atom. The van der Waals surface area contributed by atoms with Crippen LogP contribution >= 0.6 is 11.8 Å². The van der Waals surface area contributed by atoms with Gasteiger partial charge in [0.1, 0.15) is 11.8 Å². The van der Waals surface area contributed by atoms with E-state index in [1.165, 1.54) is 11.1 Å². The highest BCUT2D eigenvalue weighted by molar-refractivity contribution is 7.99. The molecule has 0 saturated carbocycles. The maximum atomic E-state index is 13.3. The zero-order valence-corrected chi connectivity index (χ0v) is 20.7. The molecule has 2 amide bonds. The van der Waals surface area contributed by atoms with Gasteiger partial charge >= 0.3 is 0 Å². The minimum absolute atomic E-state index is 0.0310. The number of hydrogen-bond donors (Lipinski definition) is 1. The molecule has 0 radical (unpaired) electrons. The molecule has 6 heteroatoms. The number of methoxy groups -OCH3 is 1. The first-order chi connectivity index (χ1) is 15.3. The number of benzene rings is 2. The minimum Gasteiger partial charge on any atom is -0.497 e. The Kier molecular flexibility index (Phi) is 10.6. The van der Waals surface area contributed by atoms with Crippen molar-refractivity contribution >= 4 is 23.6 Å². The molecule has 0 spiro atoms. The third kappa shape index (κ3) is 8.23. The van der Waals surface area contributed by atoms with Crippen LogP contribution in [0.4, 0.5) is 0 Å². The largest absolute Gasteiger partial charge is 0.497 e. The molecule has 0 fully saturated rings. The van der Waals surface area contributed by atoms with E-state index >= 15 is 0 Å². The third-order valence-electron chi connectivity index (χ3n) is 5.17. The summed E-state index contributed by atoms with van der Waals surface area (Å²) in [5.74, 6) is 2.05. The van der Waals surface area contributed by atoms with Crippen molar-refractivity contribution in [3.05, 3.63) is 65.2 Å². The fraction of sp³-hybridized carbons (Fsp3) is 0.462. The topological polar surface area (TPSA) is 58.6 Å². The van der Waals surface area contributed by atoms with Gasteiger partial charge in [-0.25, -0.2) is 0 Å². The number of carbonyl (C=O) groups is 2. The summed E-state index contributed by atoms with van der Waals surface area (Å²) in [6.07, 6.45) is 0.558. The highest BCUT2D eigenvalue weighted by atomic mass is 32.2. The van der Waals surface area contributed by atoms with E-state index in [0.29, 0.717) is 31.2 Å². The van der Waals surface area contributed by atoms with Gasteiger partial charge in [-0.1, -0.05) is 62.7 Å². The average Bonchev–Trinajstić information content (AvgIpc) is 2.78. The third-order valence-corrected chi connectivity index (χ3v) is 6.16. The summed E-state index contributed by atoms with van der Waals surface area (Å²) in [5.41, 5.74) is 3.35. The molecule has 0 aliphatic carbocycles. The highest BCUT2D eigenvalue weighted by Crippen LogP contribution is 2.20. The standard InChI is InChI=1S/C26H36N2O3S/c1-6-24(26(30)27-15-19(2)3)28(16-22-8-7-9-23(14-22)31-5)25(29)18-32-17-21-12-10-20(4)11-13-21/h7-14,19,24H,6,15-18H2,1-5H3,(H,27,30)/t24-/m0/s1. The first-order valence-electron chi connectivity index (χ1n) is 11.2.